The number of ether oxygens (including phenoxy) is 1. The molecule has 0 aliphatic heterocycles. The minimum atomic E-state index is -2.74. The molecular weight excluding hydrogens is 603 g/mol. The van der Waals surface area contributed by atoms with Gasteiger partial charge in [-0.15, -0.1) is 23.1 Å². The topological polar surface area (TPSA) is 68.7 Å². The molecule has 1 N–H and O–H groups in total. The largest absolute Gasteiger partial charge is 0.482 e. The van der Waals surface area contributed by atoms with E-state index in [0.29, 0.717) is 12.4 Å². The Bertz CT molecular complexity index is 1650. The number of carbonyl (C=O) groups is 1. The average molecular weight is 640 g/mol. The molecule has 0 bridgehead atoms. The van der Waals surface area contributed by atoms with Gasteiger partial charge in [-0.2, -0.15) is 0 Å². The molecule has 0 saturated heterocycles. The van der Waals surface area contributed by atoms with Crippen LogP contribution in [0.5, 0.6) is 5.75 Å². The Kier molecular flexibility index (Phi) is 10.1. The number of aromatic nitrogens is 1. The zero-order valence-electron chi connectivity index (χ0n) is 25.4. The molecule has 0 saturated carbocycles. The molecule has 0 amide bonds. The summed E-state index contributed by atoms with van der Waals surface area (Å²) in [5.41, 5.74) is 2.96. The zero-order chi connectivity index (χ0) is 31.2. The molecule has 0 spiro atoms. The van der Waals surface area contributed by atoms with Crippen molar-refractivity contribution >= 4 is 47.8 Å². The lowest BCUT2D eigenvalue weighted by Crippen LogP contribution is -2.66. The summed E-state index contributed by atoms with van der Waals surface area (Å²) in [6, 6.07) is 37.6. The predicted octanol–water partition coefficient (Wildman–Crippen LogP) is 7.95. The molecule has 1 heterocycles. The summed E-state index contributed by atoms with van der Waals surface area (Å²) in [7, 11) is -2.74. The molecule has 0 atom stereocenters. The van der Waals surface area contributed by atoms with E-state index in [9.17, 15) is 4.79 Å². The number of hydrogen-bond acceptors (Lipinski definition) is 6. The maximum atomic E-state index is 10.9. The fourth-order valence-electron chi connectivity index (χ4n) is 5.41. The van der Waals surface area contributed by atoms with E-state index >= 15 is 0 Å². The summed E-state index contributed by atoms with van der Waals surface area (Å²) in [4.78, 5) is 18.4. The van der Waals surface area contributed by atoms with Crippen molar-refractivity contribution in [2.75, 3.05) is 6.61 Å². The molecule has 0 aliphatic rings. The summed E-state index contributed by atoms with van der Waals surface area (Å²) >= 11 is 3.44. The first-order chi connectivity index (χ1) is 21.2. The molecule has 226 valence electrons. The third-order valence-electron chi connectivity index (χ3n) is 7.51. The van der Waals surface area contributed by atoms with Crippen molar-refractivity contribution in [2.24, 2.45) is 0 Å². The number of carboxylic acid groups (broad SMARTS) is 1. The lowest BCUT2D eigenvalue weighted by atomic mass is 10.2. The van der Waals surface area contributed by atoms with Crippen LogP contribution in [-0.4, -0.2) is 31.0 Å². The van der Waals surface area contributed by atoms with Crippen LogP contribution in [0, 0.1) is 6.92 Å². The number of aliphatic carboxylic acids is 1. The van der Waals surface area contributed by atoms with Gasteiger partial charge in [0.25, 0.3) is 8.32 Å². The molecule has 8 heteroatoms. The monoisotopic (exact) mass is 639 g/mol. The minimum Gasteiger partial charge on any atom is -0.482 e. The average Bonchev–Trinajstić information content (AvgIpc) is 3.43. The van der Waals surface area contributed by atoms with Gasteiger partial charge in [-0.05, 0) is 46.1 Å². The molecule has 5 nitrogen and oxygen atoms in total. The van der Waals surface area contributed by atoms with Gasteiger partial charge < -0.3 is 14.3 Å². The Morgan fingerprint density at radius 1 is 0.886 bits per heavy atom. The van der Waals surface area contributed by atoms with Crippen LogP contribution in [0.3, 0.4) is 0 Å². The van der Waals surface area contributed by atoms with E-state index < -0.39 is 14.3 Å². The first-order valence-corrected chi connectivity index (χ1v) is 18.3. The third-order valence-corrected chi connectivity index (χ3v) is 14.8. The van der Waals surface area contributed by atoms with Crippen molar-refractivity contribution < 1.29 is 19.1 Å². The molecule has 1 aromatic heterocycles. The number of thioether (sulfide) groups is 1. The summed E-state index contributed by atoms with van der Waals surface area (Å²) in [5, 5.41) is 12.3. The van der Waals surface area contributed by atoms with E-state index in [2.05, 4.69) is 93.6 Å². The third kappa shape index (κ3) is 7.16. The number of hydrogen-bond donors (Lipinski definition) is 1. The van der Waals surface area contributed by atoms with Gasteiger partial charge in [0.2, 0.25) is 0 Å². The highest BCUT2D eigenvalue weighted by Gasteiger charge is 2.50. The second kappa shape index (κ2) is 13.9. The Balaban J connectivity index is 1.48. The molecule has 5 rings (SSSR count). The molecule has 5 aromatic rings. The number of aryl methyl sites for hydroxylation is 1. The second-order valence-electron chi connectivity index (χ2n) is 11.6. The normalized spacial score (nSPS) is 11.8. The molecule has 0 fully saturated rings. The highest BCUT2D eigenvalue weighted by atomic mass is 32.2. The van der Waals surface area contributed by atoms with E-state index in [4.69, 9.17) is 19.3 Å². The minimum absolute atomic E-state index is 0.134. The van der Waals surface area contributed by atoms with E-state index in [1.807, 2.05) is 43.3 Å². The molecule has 4 aromatic carbocycles. The summed E-state index contributed by atoms with van der Waals surface area (Å²) in [6.45, 7) is 8.86. The molecular formula is C36H37NO4S2Si. The summed E-state index contributed by atoms with van der Waals surface area (Å²) < 4.78 is 12.7. The Labute approximate surface area is 269 Å². The highest BCUT2D eigenvalue weighted by molar-refractivity contribution is 7.98. The quantitative estimate of drug-likeness (QED) is 0.110. The zero-order valence-corrected chi connectivity index (χ0v) is 28.1. The van der Waals surface area contributed by atoms with Crippen LogP contribution in [0.25, 0.3) is 10.6 Å². The van der Waals surface area contributed by atoms with Gasteiger partial charge in [-0.25, -0.2) is 9.78 Å². The van der Waals surface area contributed by atoms with Gasteiger partial charge in [-0.1, -0.05) is 112 Å². The van der Waals surface area contributed by atoms with E-state index in [1.54, 1.807) is 23.1 Å². The van der Waals surface area contributed by atoms with Crippen molar-refractivity contribution in [1.29, 1.82) is 0 Å². The molecule has 0 aliphatic carbocycles. The first kappa shape index (κ1) is 31.7. The molecule has 0 radical (unpaired) electrons. The molecule has 44 heavy (non-hydrogen) atoms. The Morgan fingerprint density at radius 2 is 1.48 bits per heavy atom. The fourth-order valence-corrected chi connectivity index (χ4v) is 12.1. The second-order valence-corrected chi connectivity index (χ2v) is 18.0. The smallest absolute Gasteiger partial charge is 0.341 e. The fraction of sp³-hybridized carbons (Fsp3) is 0.222. The van der Waals surface area contributed by atoms with E-state index in [1.165, 1.54) is 15.3 Å². The lowest BCUT2D eigenvalue weighted by Gasteiger charge is -2.43. The Hall–Kier alpha value is -3.69. The van der Waals surface area contributed by atoms with Crippen LogP contribution < -0.4 is 15.1 Å². The maximum absolute atomic E-state index is 10.9. The number of rotatable bonds is 12. The first-order valence-electron chi connectivity index (χ1n) is 14.5. The number of benzene rings is 4. The van der Waals surface area contributed by atoms with Crippen molar-refractivity contribution in [2.45, 2.75) is 50.0 Å². The van der Waals surface area contributed by atoms with Crippen LogP contribution in [0.1, 0.15) is 36.9 Å². The van der Waals surface area contributed by atoms with Gasteiger partial charge in [0.1, 0.15) is 10.8 Å². The van der Waals surface area contributed by atoms with Crippen LogP contribution in [-0.2, 0) is 21.6 Å². The van der Waals surface area contributed by atoms with E-state index in [0.717, 1.165) is 32.5 Å². The van der Waals surface area contributed by atoms with Crippen LogP contribution in [0.15, 0.2) is 114 Å². The van der Waals surface area contributed by atoms with Crippen molar-refractivity contribution in [3.05, 3.63) is 125 Å². The maximum Gasteiger partial charge on any atom is 0.341 e. The van der Waals surface area contributed by atoms with Gasteiger partial charge in [0.05, 0.1) is 12.3 Å². The highest BCUT2D eigenvalue weighted by Crippen LogP contribution is 2.39. The lowest BCUT2D eigenvalue weighted by molar-refractivity contribution is -0.139. The van der Waals surface area contributed by atoms with Crippen molar-refractivity contribution in [3.63, 3.8) is 0 Å². The van der Waals surface area contributed by atoms with Gasteiger partial charge in [-0.3, -0.25) is 0 Å². The van der Waals surface area contributed by atoms with Crippen molar-refractivity contribution in [1.82, 2.24) is 4.98 Å². The Morgan fingerprint density at radius 3 is 2.02 bits per heavy atom. The van der Waals surface area contributed by atoms with Crippen molar-refractivity contribution in [3.8, 4) is 16.3 Å². The predicted molar refractivity (Wildman–Crippen MR) is 184 cm³/mol. The summed E-state index contributed by atoms with van der Waals surface area (Å²) in [5.74, 6) is 0.328. The standard InChI is InChI=1S/C36H37NO4S2Si/c1-26-22-28(20-21-32(26)40-24-34(38)39)42-25-33-31(37-35(43-33)27-14-8-5-9-15-27)23-41-44(36(2,3)4,29-16-10-6-11-17-29)30-18-12-7-13-19-30/h5-22H,23-25H2,1-4H3,(H,38,39). The van der Waals surface area contributed by atoms with Crippen LogP contribution in [0.4, 0.5) is 0 Å². The SMILES string of the molecule is Cc1cc(SCc2sc(-c3ccccc3)nc2CO[Si](c2ccccc2)(c2ccccc2)C(C)(C)C)ccc1OCC(=O)O. The van der Waals surface area contributed by atoms with Gasteiger partial charge in [0, 0.05) is 21.1 Å². The van der Waals surface area contributed by atoms with E-state index in [-0.39, 0.29) is 11.6 Å². The molecule has 0 unspecified atom stereocenters. The number of carboxylic acids is 1. The van der Waals surface area contributed by atoms with Crippen LogP contribution in [0.2, 0.25) is 5.04 Å². The van der Waals surface area contributed by atoms with Gasteiger partial charge >= 0.3 is 5.97 Å². The van der Waals surface area contributed by atoms with Gasteiger partial charge in [0.15, 0.2) is 6.61 Å². The number of thiazole rings is 1. The van der Waals surface area contributed by atoms with Crippen LogP contribution >= 0.6 is 23.1 Å². The number of nitrogens with zero attached hydrogens (tertiary/aromatic N) is 1. The summed E-state index contributed by atoms with van der Waals surface area (Å²) in [6.07, 6.45) is 0.